The quantitative estimate of drug-likeness (QED) is 0.800. The minimum Gasteiger partial charge on any atom is -0.264 e. The second-order valence-electron chi connectivity index (χ2n) is 3.19. The van der Waals surface area contributed by atoms with Crippen LogP contribution in [0.4, 0.5) is 0 Å². The van der Waals surface area contributed by atoms with Crippen molar-refractivity contribution >= 4 is 36.8 Å². The van der Waals surface area contributed by atoms with Gasteiger partial charge in [0.05, 0.1) is 12.0 Å². The number of hydrogen-bond donors (Lipinski definition) is 0. The van der Waals surface area contributed by atoms with Crippen molar-refractivity contribution in [2.75, 3.05) is 0 Å². The maximum Gasteiger partial charge on any atom is 0.297 e. The molecule has 2 aromatic carbocycles. The molecule has 3 nitrogen and oxygen atoms in total. The van der Waals surface area contributed by atoms with Crippen LogP contribution in [0.3, 0.4) is 0 Å². The molecular weight excluding hydrogens is 292 g/mol. The van der Waals surface area contributed by atoms with Gasteiger partial charge in [0.2, 0.25) is 0 Å². The van der Waals surface area contributed by atoms with E-state index in [0.717, 1.165) is 15.2 Å². The summed E-state index contributed by atoms with van der Waals surface area (Å²) in [5.41, 5.74) is 0. The van der Waals surface area contributed by atoms with Crippen LogP contribution in [0.1, 0.15) is 0 Å². The van der Waals surface area contributed by atoms with E-state index in [9.17, 15) is 8.42 Å². The van der Waals surface area contributed by atoms with Gasteiger partial charge < -0.3 is 0 Å². The number of fused-ring (bicyclic) bond motifs is 1. The standard InChI is InChI=1S/C11H8BrO3S/c1-15-16(13,14)9-5-6-10-8(7-9)3-2-4-11(10)12/h2-7H,1H2. The predicted octanol–water partition coefficient (Wildman–Crippen LogP) is 3.10. The Bertz CT molecular complexity index is 635. The zero-order valence-electron chi connectivity index (χ0n) is 8.18. The summed E-state index contributed by atoms with van der Waals surface area (Å²) in [5.74, 6) is 0. The SMILES string of the molecule is [CH2]OS(=O)(=O)c1ccc2c(Br)cccc2c1. The van der Waals surface area contributed by atoms with Gasteiger partial charge in [-0.1, -0.05) is 34.1 Å². The highest BCUT2D eigenvalue weighted by Crippen LogP contribution is 2.26. The van der Waals surface area contributed by atoms with Gasteiger partial charge in [0.25, 0.3) is 10.1 Å². The Hall–Kier alpha value is -0.910. The van der Waals surface area contributed by atoms with Gasteiger partial charge >= 0.3 is 0 Å². The van der Waals surface area contributed by atoms with Crippen molar-refractivity contribution in [3.05, 3.63) is 48.0 Å². The summed E-state index contributed by atoms with van der Waals surface area (Å²) in [4.78, 5) is 0.105. The van der Waals surface area contributed by atoms with Crippen molar-refractivity contribution in [2.45, 2.75) is 4.90 Å². The molecule has 5 heteroatoms. The van der Waals surface area contributed by atoms with Crippen LogP contribution >= 0.6 is 15.9 Å². The highest BCUT2D eigenvalue weighted by atomic mass is 79.9. The van der Waals surface area contributed by atoms with Crippen LogP contribution in [0.2, 0.25) is 0 Å². The van der Waals surface area contributed by atoms with Crippen molar-refractivity contribution in [1.82, 2.24) is 0 Å². The Labute approximate surface area is 102 Å². The van der Waals surface area contributed by atoms with E-state index in [1.54, 1.807) is 12.1 Å². The molecule has 0 bridgehead atoms. The van der Waals surface area contributed by atoms with Crippen LogP contribution in [0.15, 0.2) is 45.8 Å². The van der Waals surface area contributed by atoms with Crippen molar-refractivity contribution in [1.29, 1.82) is 0 Å². The molecule has 0 spiro atoms. The first-order valence-electron chi connectivity index (χ1n) is 4.41. The van der Waals surface area contributed by atoms with E-state index in [-0.39, 0.29) is 4.90 Å². The molecule has 0 aliphatic heterocycles. The minimum atomic E-state index is -3.73. The zero-order chi connectivity index (χ0) is 11.8. The van der Waals surface area contributed by atoms with E-state index in [0.29, 0.717) is 0 Å². The monoisotopic (exact) mass is 299 g/mol. The third kappa shape index (κ3) is 1.98. The topological polar surface area (TPSA) is 43.4 Å². The van der Waals surface area contributed by atoms with E-state index >= 15 is 0 Å². The Balaban J connectivity index is 2.71. The van der Waals surface area contributed by atoms with E-state index in [2.05, 4.69) is 27.2 Å². The number of rotatable bonds is 2. The first-order valence-corrected chi connectivity index (χ1v) is 6.62. The predicted molar refractivity (Wildman–Crippen MR) is 65.3 cm³/mol. The van der Waals surface area contributed by atoms with Crippen LogP contribution in [-0.4, -0.2) is 8.42 Å². The summed E-state index contributed by atoms with van der Waals surface area (Å²) in [6.45, 7) is 0. The molecule has 0 fully saturated rings. The molecule has 83 valence electrons. The van der Waals surface area contributed by atoms with Crippen LogP contribution in [0.25, 0.3) is 10.8 Å². The molecule has 0 saturated carbocycles. The van der Waals surface area contributed by atoms with Gasteiger partial charge in [-0.15, -0.1) is 0 Å². The summed E-state index contributed by atoms with van der Waals surface area (Å²) in [7, 11) is -0.795. The number of benzene rings is 2. The molecule has 16 heavy (non-hydrogen) atoms. The summed E-state index contributed by atoms with van der Waals surface area (Å²) in [5, 5.41) is 1.78. The van der Waals surface area contributed by atoms with Crippen LogP contribution in [0, 0.1) is 7.11 Å². The molecule has 0 atom stereocenters. The Morgan fingerprint density at radius 2 is 1.94 bits per heavy atom. The molecule has 0 aromatic heterocycles. The lowest BCUT2D eigenvalue weighted by Gasteiger charge is -2.04. The van der Waals surface area contributed by atoms with E-state index in [4.69, 9.17) is 0 Å². The molecule has 0 unspecified atom stereocenters. The van der Waals surface area contributed by atoms with Crippen molar-refractivity contribution < 1.29 is 12.6 Å². The fourth-order valence-electron chi connectivity index (χ4n) is 1.45. The highest BCUT2D eigenvalue weighted by molar-refractivity contribution is 9.10. The van der Waals surface area contributed by atoms with Gasteiger partial charge in [-0.2, -0.15) is 8.42 Å². The molecule has 0 aliphatic carbocycles. The maximum atomic E-state index is 11.4. The maximum absolute atomic E-state index is 11.4. The van der Waals surface area contributed by atoms with Gasteiger partial charge in [-0.25, -0.2) is 0 Å². The van der Waals surface area contributed by atoms with E-state index in [1.165, 1.54) is 6.07 Å². The normalized spacial score (nSPS) is 11.9. The fraction of sp³-hybridized carbons (Fsp3) is 0. The number of hydrogen-bond acceptors (Lipinski definition) is 3. The third-order valence-electron chi connectivity index (χ3n) is 2.24. The van der Waals surface area contributed by atoms with Gasteiger partial charge in [0, 0.05) is 4.47 Å². The van der Waals surface area contributed by atoms with Crippen molar-refractivity contribution in [3.8, 4) is 0 Å². The molecule has 1 radical (unpaired) electrons. The van der Waals surface area contributed by atoms with Crippen LogP contribution < -0.4 is 0 Å². The fourth-order valence-corrected chi connectivity index (χ4v) is 2.60. The first kappa shape index (κ1) is 11.6. The Morgan fingerprint density at radius 1 is 1.19 bits per heavy atom. The lowest BCUT2D eigenvalue weighted by Crippen LogP contribution is -2.01. The highest BCUT2D eigenvalue weighted by Gasteiger charge is 2.13. The molecule has 0 aliphatic rings. The molecule has 0 amide bonds. The second kappa shape index (κ2) is 4.16. The molecule has 0 saturated heterocycles. The smallest absolute Gasteiger partial charge is 0.264 e. The first-order chi connectivity index (χ1) is 7.54. The molecular formula is C11H8BrO3S. The molecule has 2 aromatic rings. The van der Waals surface area contributed by atoms with E-state index < -0.39 is 10.1 Å². The van der Waals surface area contributed by atoms with Crippen molar-refractivity contribution in [3.63, 3.8) is 0 Å². The lowest BCUT2D eigenvalue weighted by atomic mass is 10.1. The summed E-state index contributed by atoms with van der Waals surface area (Å²) in [6, 6.07) is 10.4. The third-order valence-corrected chi connectivity index (χ3v) is 4.08. The molecule has 2 rings (SSSR count). The summed E-state index contributed by atoms with van der Waals surface area (Å²) in [6.07, 6.45) is 0. The Kier molecular flexibility index (Phi) is 3.01. The van der Waals surface area contributed by atoms with Crippen LogP contribution in [0.5, 0.6) is 0 Å². The van der Waals surface area contributed by atoms with Gasteiger partial charge in [0.15, 0.2) is 0 Å². The van der Waals surface area contributed by atoms with Gasteiger partial charge in [-0.3, -0.25) is 4.18 Å². The minimum absolute atomic E-state index is 0.105. The molecule has 0 N–H and O–H groups in total. The average Bonchev–Trinajstić information content (AvgIpc) is 2.29. The molecule has 0 heterocycles. The van der Waals surface area contributed by atoms with E-state index in [1.807, 2.05) is 18.2 Å². The van der Waals surface area contributed by atoms with Crippen molar-refractivity contribution in [2.24, 2.45) is 0 Å². The average molecular weight is 300 g/mol. The largest absolute Gasteiger partial charge is 0.297 e. The summed E-state index contributed by atoms with van der Waals surface area (Å²) >= 11 is 3.40. The zero-order valence-corrected chi connectivity index (χ0v) is 10.6. The lowest BCUT2D eigenvalue weighted by molar-refractivity contribution is 0.438. The second-order valence-corrected chi connectivity index (χ2v) is 5.66. The Morgan fingerprint density at radius 3 is 2.62 bits per heavy atom. The van der Waals surface area contributed by atoms with Gasteiger partial charge in [-0.05, 0) is 29.0 Å². The summed E-state index contributed by atoms with van der Waals surface area (Å²) < 4.78 is 28.0. The van der Waals surface area contributed by atoms with Crippen LogP contribution in [-0.2, 0) is 14.3 Å². The number of halogens is 1. The van der Waals surface area contributed by atoms with Gasteiger partial charge in [0.1, 0.15) is 0 Å².